The maximum Gasteiger partial charge on any atom is 0.240 e. The van der Waals surface area contributed by atoms with E-state index in [-0.39, 0.29) is 41.7 Å². The van der Waals surface area contributed by atoms with Crippen LogP contribution >= 0.6 is 11.8 Å². The van der Waals surface area contributed by atoms with E-state index >= 15 is 0 Å². The number of hydrogen-bond acceptors (Lipinski definition) is 5. The summed E-state index contributed by atoms with van der Waals surface area (Å²) in [6.07, 6.45) is 1.67. The minimum atomic E-state index is -0.402. The van der Waals surface area contributed by atoms with Gasteiger partial charge in [-0.3, -0.25) is 19.5 Å². The Balaban J connectivity index is 1.68. The van der Waals surface area contributed by atoms with Crippen LogP contribution in [-0.4, -0.2) is 38.9 Å². The first-order chi connectivity index (χ1) is 19.5. The van der Waals surface area contributed by atoms with Gasteiger partial charge in [-0.15, -0.1) is 11.8 Å². The van der Waals surface area contributed by atoms with Gasteiger partial charge in [0.25, 0.3) is 0 Å². The molecule has 212 valence electrons. The fraction of sp³-hybridized carbons (Fsp3) is 0.312. The number of nitrogens with one attached hydrogen (secondary N) is 1. The molecule has 1 atom stereocenters. The molecule has 0 radical (unpaired) electrons. The lowest BCUT2D eigenvalue weighted by atomic mass is 9.87. The number of amides is 2. The highest BCUT2D eigenvalue weighted by molar-refractivity contribution is 8.00. The zero-order chi connectivity index (χ0) is 29.3. The van der Waals surface area contributed by atoms with E-state index in [9.17, 15) is 14.0 Å². The number of benzene rings is 2. The fourth-order valence-electron chi connectivity index (χ4n) is 5.11. The lowest BCUT2D eigenvalue weighted by Crippen LogP contribution is -2.42. The average molecular weight is 572 g/mol. The van der Waals surface area contributed by atoms with Crippen molar-refractivity contribution in [3.8, 4) is 5.69 Å². The summed E-state index contributed by atoms with van der Waals surface area (Å²) in [7, 11) is 0. The van der Waals surface area contributed by atoms with E-state index in [4.69, 9.17) is 5.10 Å². The van der Waals surface area contributed by atoms with Crippen LogP contribution in [-0.2, 0) is 21.5 Å². The molecule has 7 nitrogen and oxygen atoms in total. The van der Waals surface area contributed by atoms with E-state index in [0.29, 0.717) is 5.82 Å². The van der Waals surface area contributed by atoms with Gasteiger partial charge < -0.3 is 5.32 Å². The molecule has 2 aromatic carbocycles. The van der Waals surface area contributed by atoms with Crippen molar-refractivity contribution in [1.29, 1.82) is 0 Å². The average Bonchev–Trinajstić information content (AvgIpc) is 3.25. The first-order valence-electron chi connectivity index (χ1n) is 13.6. The molecule has 0 unspecified atom stereocenters. The Hall–Kier alpha value is -3.98. The number of rotatable bonds is 6. The van der Waals surface area contributed by atoms with Gasteiger partial charge >= 0.3 is 0 Å². The van der Waals surface area contributed by atoms with Crippen molar-refractivity contribution in [2.75, 3.05) is 17.2 Å². The number of anilines is 1. The summed E-state index contributed by atoms with van der Waals surface area (Å²) < 4.78 is 16.3. The maximum atomic E-state index is 14.5. The van der Waals surface area contributed by atoms with Crippen LogP contribution in [0.15, 0.2) is 66.9 Å². The number of hydrogen-bond donors (Lipinski definition) is 1. The second kappa shape index (κ2) is 11.5. The van der Waals surface area contributed by atoms with Crippen LogP contribution in [0, 0.1) is 19.7 Å². The van der Waals surface area contributed by atoms with Crippen molar-refractivity contribution in [2.24, 2.45) is 0 Å². The topological polar surface area (TPSA) is 80.1 Å². The van der Waals surface area contributed by atoms with Crippen LogP contribution in [0.2, 0.25) is 0 Å². The van der Waals surface area contributed by atoms with Crippen molar-refractivity contribution < 1.29 is 14.0 Å². The quantitative estimate of drug-likeness (QED) is 0.316. The van der Waals surface area contributed by atoms with Gasteiger partial charge in [0, 0.05) is 17.2 Å². The van der Waals surface area contributed by atoms with E-state index in [2.05, 4.69) is 37.1 Å². The van der Waals surface area contributed by atoms with E-state index in [1.807, 2.05) is 50.2 Å². The van der Waals surface area contributed by atoms with Crippen LogP contribution < -0.4 is 10.2 Å². The summed E-state index contributed by atoms with van der Waals surface area (Å²) in [4.78, 5) is 32.9. The molecule has 0 bridgehead atoms. The van der Waals surface area contributed by atoms with E-state index in [1.54, 1.807) is 16.9 Å². The van der Waals surface area contributed by atoms with Gasteiger partial charge in [0.15, 0.2) is 0 Å². The first kappa shape index (κ1) is 28.5. The largest absolute Gasteiger partial charge is 0.349 e. The Kier molecular flexibility index (Phi) is 8.00. The predicted molar refractivity (Wildman–Crippen MR) is 161 cm³/mol. The highest BCUT2D eigenvalue weighted by Gasteiger charge is 2.40. The molecule has 0 fully saturated rings. The number of carbonyl (C=O) groups excluding carboxylic acids is 2. The number of pyridine rings is 1. The predicted octanol–water partition coefficient (Wildman–Crippen LogP) is 5.81. The van der Waals surface area contributed by atoms with Gasteiger partial charge in [-0.25, -0.2) is 9.07 Å². The molecule has 5 rings (SSSR count). The second-order valence-corrected chi connectivity index (χ2v) is 12.5. The van der Waals surface area contributed by atoms with Crippen molar-refractivity contribution >= 4 is 29.4 Å². The molecule has 0 spiro atoms. The summed E-state index contributed by atoms with van der Waals surface area (Å²) in [5.41, 5.74) is 5.59. The molecule has 41 heavy (non-hydrogen) atoms. The minimum absolute atomic E-state index is 0.125. The molecular formula is C32H34FN5O2S. The first-order valence-corrected chi connectivity index (χ1v) is 14.6. The fourth-order valence-corrected chi connectivity index (χ4v) is 6.30. The smallest absolute Gasteiger partial charge is 0.240 e. The third-order valence-corrected chi connectivity index (χ3v) is 8.28. The van der Waals surface area contributed by atoms with Crippen LogP contribution in [0.25, 0.3) is 5.69 Å². The lowest BCUT2D eigenvalue weighted by Gasteiger charge is -2.25. The lowest BCUT2D eigenvalue weighted by molar-refractivity contribution is -0.123. The van der Waals surface area contributed by atoms with Gasteiger partial charge in [0.05, 0.1) is 34.6 Å². The zero-order valence-electron chi connectivity index (χ0n) is 23.9. The SMILES string of the molecule is Cc1ccc(-n2nc(C(C)(C)C)c3c2N(CC(=O)NCc2ccccn2)C(=O)CS[C@@H]3c2cccc(F)c2)c(C)c1. The maximum absolute atomic E-state index is 14.5. The van der Waals surface area contributed by atoms with Crippen LogP contribution in [0.1, 0.15) is 59.7 Å². The number of halogens is 1. The highest BCUT2D eigenvalue weighted by Crippen LogP contribution is 2.48. The van der Waals surface area contributed by atoms with Gasteiger partial charge in [-0.2, -0.15) is 5.10 Å². The summed E-state index contributed by atoms with van der Waals surface area (Å²) in [6, 6.07) is 18.1. The van der Waals surface area contributed by atoms with E-state index in [0.717, 1.165) is 39.3 Å². The summed E-state index contributed by atoms with van der Waals surface area (Å²) in [5.74, 6) is -0.201. The molecule has 1 aliphatic heterocycles. The van der Waals surface area contributed by atoms with Gasteiger partial charge in [-0.05, 0) is 55.3 Å². The second-order valence-electron chi connectivity index (χ2n) is 11.4. The molecule has 0 aliphatic carbocycles. The molecule has 2 aromatic heterocycles. The van der Waals surface area contributed by atoms with Gasteiger partial charge in [0.2, 0.25) is 11.8 Å². The number of thioether (sulfide) groups is 1. The van der Waals surface area contributed by atoms with Crippen LogP contribution in [0.3, 0.4) is 0 Å². The molecule has 0 saturated carbocycles. The van der Waals surface area contributed by atoms with Crippen LogP contribution in [0.4, 0.5) is 10.2 Å². The standard InChI is InChI=1S/C32H34FN5O2S/c1-20-12-13-25(21(2)15-20)38-31-28(30(36-38)32(3,4)5)29(22-9-8-10-23(33)16-22)41-19-27(40)37(31)18-26(39)35-17-24-11-6-7-14-34-24/h6-16,29H,17-19H2,1-5H3,(H,35,39)/t29-/m1/s1. The van der Waals surface area contributed by atoms with Crippen molar-refractivity contribution in [1.82, 2.24) is 20.1 Å². The monoisotopic (exact) mass is 571 g/mol. The molecule has 4 aromatic rings. The Morgan fingerprint density at radius 1 is 1.10 bits per heavy atom. The molecule has 1 aliphatic rings. The Morgan fingerprint density at radius 2 is 1.90 bits per heavy atom. The third kappa shape index (κ3) is 6.05. The molecule has 3 heterocycles. The molecule has 9 heteroatoms. The Labute approximate surface area is 244 Å². The number of aryl methyl sites for hydroxylation is 2. The van der Waals surface area contributed by atoms with E-state index in [1.165, 1.54) is 28.8 Å². The minimum Gasteiger partial charge on any atom is -0.349 e. The Morgan fingerprint density at radius 3 is 2.59 bits per heavy atom. The van der Waals surface area contributed by atoms with Crippen molar-refractivity contribution in [3.63, 3.8) is 0 Å². The number of carbonyl (C=O) groups is 2. The molecular weight excluding hydrogens is 537 g/mol. The van der Waals surface area contributed by atoms with Crippen molar-refractivity contribution in [3.05, 3.63) is 106 Å². The zero-order valence-corrected chi connectivity index (χ0v) is 24.8. The normalized spacial score (nSPS) is 15.4. The summed E-state index contributed by atoms with van der Waals surface area (Å²) in [5, 5.41) is 7.66. The number of fused-ring (bicyclic) bond motifs is 1. The Bertz CT molecular complexity index is 1600. The van der Waals surface area contributed by atoms with E-state index < -0.39 is 5.41 Å². The molecule has 1 N–H and O–H groups in total. The molecule has 2 amide bonds. The summed E-state index contributed by atoms with van der Waals surface area (Å²) in [6.45, 7) is 10.3. The van der Waals surface area contributed by atoms with Crippen molar-refractivity contribution in [2.45, 2.75) is 51.8 Å². The van der Waals surface area contributed by atoms with Gasteiger partial charge in [-0.1, -0.05) is 56.7 Å². The number of nitrogens with zero attached hydrogens (tertiary/aromatic N) is 4. The summed E-state index contributed by atoms with van der Waals surface area (Å²) >= 11 is 1.43. The van der Waals surface area contributed by atoms with Crippen LogP contribution in [0.5, 0.6) is 0 Å². The molecule has 0 saturated heterocycles. The number of aromatic nitrogens is 3. The van der Waals surface area contributed by atoms with Gasteiger partial charge in [0.1, 0.15) is 18.2 Å². The highest BCUT2D eigenvalue weighted by atomic mass is 32.2. The third-order valence-electron chi connectivity index (χ3n) is 7.03.